The third-order valence-electron chi connectivity index (χ3n) is 9.98. The number of hydrogen-bond acceptors (Lipinski definition) is 8. The number of esters is 2. The van der Waals surface area contributed by atoms with E-state index in [1.807, 2.05) is 0 Å². The predicted molar refractivity (Wildman–Crippen MR) is 220 cm³/mol. The van der Waals surface area contributed by atoms with Crippen LogP contribution in [0.15, 0.2) is 0 Å². The van der Waals surface area contributed by atoms with Gasteiger partial charge in [0.15, 0.2) is 6.10 Å². The van der Waals surface area contributed by atoms with Crippen molar-refractivity contribution in [2.24, 2.45) is 0 Å². The lowest BCUT2D eigenvalue weighted by atomic mass is 10.0. The number of nitrogens with one attached hydrogen (secondary N) is 1. The molecule has 316 valence electrons. The van der Waals surface area contributed by atoms with Crippen LogP contribution < -0.4 is 5.32 Å². The van der Waals surface area contributed by atoms with Crippen LogP contribution in [0, 0.1) is 0 Å². The van der Waals surface area contributed by atoms with Gasteiger partial charge in [0.05, 0.1) is 13.2 Å². The number of phosphoric ester groups is 1. The predicted octanol–water partition coefficient (Wildman–Crippen LogP) is 12.7. The fourth-order valence-corrected chi connectivity index (χ4v) is 7.31. The highest BCUT2D eigenvalue weighted by molar-refractivity contribution is 7.47. The van der Waals surface area contributed by atoms with Crippen LogP contribution in [0.25, 0.3) is 0 Å². The van der Waals surface area contributed by atoms with E-state index in [-0.39, 0.29) is 25.6 Å². The smallest absolute Gasteiger partial charge is 0.462 e. The molecule has 10 heteroatoms. The van der Waals surface area contributed by atoms with Gasteiger partial charge in [-0.3, -0.25) is 18.6 Å². The van der Waals surface area contributed by atoms with E-state index in [9.17, 15) is 19.0 Å². The Bertz CT molecular complexity index is 845. The van der Waals surface area contributed by atoms with Gasteiger partial charge in [-0.2, -0.15) is 0 Å². The lowest BCUT2D eigenvalue weighted by molar-refractivity contribution is -0.161. The second-order valence-electron chi connectivity index (χ2n) is 15.2. The SMILES string of the molecule is CCCCCCCCCCCCCCCCCCCCCC(=O)OC(COC(=O)CCCCCCCCCCCCCC)COP(=O)(O)OCCNC. The average molecular weight is 776 g/mol. The van der Waals surface area contributed by atoms with Crippen molar-refractivity contribution in [1.82, 2.24) is 5.32 Å². The normalized spacial score (nSPS) is 13.2. The molecule has 0 radical (unpaired) electrons. The van der Waals surface area contributed by atoms with Crippen molar-refractivity contribution < 1.29 is 37.6 Å². The first-order chi connectivity index (χ1) is 25.8. The summed E-state index contributed by atoms with van der Waals surface area (Å²) in [7, 11) is -2.64. The second kappa shape index (κ2) is 40.7. The van der Waals surface area contributed by atoms with E-state index < -0.39 is 26.5 Å². The standard InChI is InChI=1S/C43H86NO8P/c1-4-6-8-10-12-14-16-18-19-20-21-22-23-24-26-28-30-32-34-36-43(46)52-41(40-51-53(47,48)50-38-37-44-3)39-49-42(45)35-33-31-29-27-25-17-15-13-11-9-7-5-2/h41,44H,4-40H2,1-3H3,(H,47,48). The fraction of sp³-hybridized carbons (Fsp3) is 0.953. The van der Waals surface area contributed by atoms with Crippen molar-refractivity contribution in [3.05, 3.63) is 0 Å². The Morgan fingerprint density at radius 2 is 0.849 bits per heavy atom. The molecule has 2 unspecified atom stereocenters. The first-order valence-electron chi connectivity index (χ1n) is 22.5. The van der Waals surface area contributed by atoms with Gasteiger partial charge >= 0.3 is 19.8 Å². The van der Waals surface area contributed by atoms with Gasteiger partial charge in [-0.05, 0) is 19.9 Å². The Hall–Kier alpha value is -0.990. The maximum absolute atomic E-state index is 12.6. The summed E-state index contributed by atoms with van der Waals surface area (Å²) in [6.07, 6.45) is 38.6. The minimum Gasteiger partial charge on any atom is -0.462 e. The van der Waals surface area contributed by atoms with Crippen LogP contribution in [0.4, 0.5) is 0 Å². The quantitative estimate of drug-likeness (QED) is 0.0354. The van der Waals surface area contributed by atoms with E-state index in [0.29, 0.717) is 13.0 Å². The zero-order valence-corrected chi connectivity index (χ0v) is 35.9. The summed E-state index contributed by atoms with van der Waals surface area (Å²) >= 11 is 0. The molecule has 2 atom stereocenters. The zero-order valence-electron chi connectivity index (χ0n) is 35.0. The third kappa shape index (κ3) is 40.5. The first kappa shape index (κ1) is 52.0. The summed E-state index contributed by atoms with van der Waals surface area (Å²) in [5.74, 6) is -0.791. The number of phosphoric acid groups is 1. The number of ether oxygens (including phenoxy) is 2. The van der Waals surface area contributed by atoms with Crippen LogP contribution in [0.1, 0.15) is 226 Å². The van der Waals surface area contributed by atoms with Crippen LogP contribution in [0.2, 0.25) is 0 Å². The van der Waals surface area contributed by atoms with E-state index in [0.717, 1.165) is 38.5 Å². The molecule has 0 heterocycles. The van der Waals surface area contributed by atoms with Crippen LogP contribution >= 0.6 is 7.82 Å². The fourth-order valence-electron chi connectivity index (χ4n) is 6.55. The molecule has 0 aliphatic heterocycles. The molecule has 0 saturated carbocycles. The van der Waals surface area contributed by atoms with Gasteiger partial charge in [-0.15, -0.1) is 0 Å². The van der Waals surface area contributed by atoms with Gasteiger partial charge in [0, 0.05) is 19.4 Å². The molecule has 53 heavy (non-hydrogen) atoms. The molecule has 0 aliphatic rings. The highest BCUT2D eigenvalue weighted by atomic mass is 31.2. The monoisotopic (exact) mass is 776 g/mol. The summed E-state index contributed by atoms with van der Waals surface area (Å²) < 4.78 is 33.2. The Kier molecular flexibility index (Phi) is 39.9. The molecule has 9 nitrogen and oxygen atoms in total. The number of carbonyl (C=O) groups is 2. The number of rotatable bonds is 43. The lowest BCUT2D eigenvalue weighted by Gasteiger charge is -2.20. The third-order valence-corrected chi connectivity index (χ3v) is 11.0. The van der Waals surface area contributed by atoms with Gasteiger partial charge in [0.1, 0.15) is 6.61 Å². The largest absolute Gasteiger partial charge is 0.472 e. The Labute approximate surface area is 327 Å². The van der Waals surface area contributed by atoms with Crippen molar-refractivity contribution in [3.8, 4) is 0 Å². The van der Waals surface area contributed by atoms with Gasteiger partial charge in [-0.25, -0.2) is 4.57 Å². The van der Waals surface area contributed by atoms with Crippen molar-refractivity contribution in [1.29, 1.82) is 0 Å². The van der Waals surface area contributed by atoms with Crippen molar-refractivity contribution in [2.75, 3.05) is 33.4 Å². The molecule has 0 amide bonds. The van der Waals surface area contributed by atoms with Crippen LogP contribution in [-0.2, 0) is 32.7 Å². The average Bonchev–Trinajstić information content (AvgIpc) is 3.14. The molecular formula is C43H86NO8P. The summed E-state index contributed by atoms with van der Waals surface area (Å²) in [5, 5.41) is 2.83. The zero-order chi connectivity index (χ0) is 38.9. The summed E-state index contributed by atoms with van der Waals surface area (Å²) in [4.78, 5) is 35.0. The first-order valence-corrected chi connectivity index (χ1v) is 24.0. The Morgan fingerprint density at radius 3 is 1.21 bits per heavy atom. The van der Waals surface area contributed by atoms with Crippen molar-refractivity contribution >= 4 is 19.8 Å². The van der Waals surface area contributed by atoms with Crippen LogP contribution in [-0.4, -0.2) is 56.3 Å². The summed E-state index contributed by atoms with van der Waals surface area (Å²) in [6, 6.07) is 0. The van der Waals surface area contributed by atoms with E-state index in [1.165, 1.54) is 161 Å². The van der Waals surface area contributed by atoms with Crippen molar-refractivity contribution in [3.63, 3.8) is 0 Å². The molecule has 0 aromatic rings. The Morgan fingerprint density at radius 1 is 0.509 bits per heavy atom. The lowest BCUT2D eigenvalue weighted by Crippen LogP contribution is -2.29. The minimum absolute atomic E-state index is 0.0117. The highest BCUT2D eigenvalue weighted by Gasteiger charge is 2.26. The van der Waals surface area contributed by atoms with Crippen LogP contribution in [0.5, 0.6) is 0 Å². The molecule has 0 aromatic carbocycles. The van der Waals surface area contributed by atoms with Crippen molar-refractivity contribution in [2.45, 2.75) is 232 Å². The van der Waals surface area contributed by atoms with E-state index in [2.05, 4.69) is 19.2 Å². The number of hydrogen-bond donors (Lipinski definition) is 2. The van der Waals surface area contributed by atoms with E-state index >= 15 is 0 Å². The number of likely N-dealkylation sites (N-methyl/N-ethyl adjacent to an activating group) is 1. The minimum atomic E-state index is -4.34. The van der Waals surface area contributed by atoms with Gasteiger partial charge in [0.2, 0.25) is 0 Å². The molecular weight excluding hydrogens is 689 g/mol. The topological polar surface area (TPSA) is 120 Å². The van der Waals surface area contributed by atoms with E-state index in [1.54, 1.807) is 7.05 Å². The number of carbonyl (C=O) groups excluding carboxylic acids is 2. The molecule has 0 fully saturated rings. The van der Waals surface area contributed by atoms with Gasteiger partial charge < -0.3 is 19.7 Å². The summed E-state index contributed by atoms with van der Waals surface area (Å²) in [6.45, 7) is 4.26. The molecule has 0 rings (SSSR count). The maximum atomic E-state index is 12.6. The highest BCUT2D eigenvalue weighted by Crippen LogP contribution is 2.43. The molecule has 0 bridgehead atoms. The Balaban J connectivity index is 4.12. The molecule has 0 aliphatic carbocycles. The van der Waals surface area contributed by atoms with Gasteiger partial charge in [0.25, 0.3) is 0 Å². The van der Waals surface area contributed by atoms with Crippen LogP contribution in [0.3, 0.4) is 0 Å². The second-order valence-corrected chi connectivity index (χ2v) is 16.7. The number of unbranched alkanes of at least 4 members (excludes halogenated alkanes) is 29. The molecule has 0 aromatic heterocycles. The molecule has 0 spiro atoms. The maximum Gasteiger partial charge on any atom is 0.472 e. The molecule has 2 N–H and O–H groups in total. The molecule has 0 saturated heterocycles. The van der Waals surface area contributed by atoms with E-state index in [4.69, 9.17) is 18.5 Å². The summed E-state index contributed by atoms with van der Waals surface area (Å²) in [5.41, 5.74) is 0. The van der Waals surface area contributed by atoms with Gasteiger partial charge in [-0.1, -0.05) is 200 Å².